The van der Waals surface area contributed by atoms with Gasteiger partial charge in [-0.1, -0.05) is 55.9 Å². The van der Waals surface area contributed by atoms with Crippen LogP contribution in [0.3, 0.4) is 0 Å². The van der Waals surface area contributed by atoms with Gasteiger partial charge in [-0.05, 0) is 12.8 Å². The van der Waals surface area contributed by atoms with E-state index in [0.717, 1.165) is 17.1 Å². The Morgan fingerprint density at radius 3 is 2.36 bits per heavy atom. The van der Waals surface area contributed by atoms with E-state index in [1.54, 1.807) is 0 Å². The van der Waals surface area contributed by atoms with E-state index < -0.39 is 0 Å². The van der Waals surface area contributed by atoms with Gasteiger partial charge in [0, 0.05) is 12.1 Å². The molecule has 0 radical (unpaired) electrons. The zero-order valence-corrected chi connectivity index (χ0v) is 9.82. The molecule has 14 heavy (non-hydrogen) atoms. The lowest BCUT2D eigenvalue weighted by Crippen LogP contribution is -2.26. The van der Waals surface area contributed by atoms with E-state index in [0.29, 0.717) is 5.92 Å². The van der Waals surface area contributed by atoms with E-state index in [1.165, 1.54) is 5.56 Å². The molecule has 1 N–H and O–H groups in total. The van der Waals surface area contributed by atoms with Gasteiger partial charge < -0.3 is 5.32 Å². The molecule has 1 nitrogen and oxygen atoms in total. The Balaban J connectivity index is 2.57. The summed E-state index contributed by atoms with van der Waals surface area (Å²) in [5, 5.41) is 3.25. The van der Waals surface area contributed by atoms with Gasteiger partial charge in [0.05, 0.1) is 0 Å². The third kappa shape index (κ3) is 3.46. The van der Waals surface area contributed by atoms with E-state index in [9.17, 15) is 0 Å². The SMILES string of the molecule is Cc1ccc(C(=S)NCC(C)C)cc1. The Kier molecular flexibility index (Phi) is 4.08. The normalized spacial score (nSPS) is 10.3. The highest BCUT2D eigenvalue weighted by atomic mass is 32.1. The molecule has 1 aromatic rings. The first-order valence-electron chi connectivity index (χ1n) is 4.94. The van der Waals surface area contributed by atoms with Crippen molar-refractivity contribution in [2.75, 3.05) is 6.54 Å². The number of aryl methyl sites for hydroxylation is 1. The Bertz CT molecular complexity index is 301. The monoisotopic (exact) mass is 207 g/mol. The van der Waals surface area contributed by atoms with Crippen molar-refractivity contribution in [3.05, 3.63) is 35.4 Å². The quantitative estimate of drug-likeness (QED) is 0.765. The summed E-state index contributed by atoms with van der Waals surface area (Å²) < 4.78 is 0. The Labute approximate surface area is 91.5 Å². The first kappa shape index (κ1) is 11.2. The highest BCUT2D eigenvalue weighted by molar-refractivity contribution is 7.80. The van der Waals surface area contributed by atoms with Crippen LogP contribution in [-0.4, -0.2) is 11.5 Å². The molecule has 0 aromatic heterocycles. The van der Waals surface area contributed by atoms with Crippen LogP contribution in [0, 0.1) is 12.8 Å². The molecule has 0 unspecified atom stereocenters. The van der Waals surface area contributed by atoms with Gasteiger partial charge in [0.1, 0.15) is 4.99 Å². The van der Waals surface area contributed by atoms with Gasteiger partial charge in [0.15, 0.2) is 0 Å². The molecular formula is C12H17NS. The van der Waals surface area contributed by atoms with Gasteiger partial charge in [-0.15, -0.1) is 0 Å². The summed E-state index contributed by atoms with van der Waals surface area (Å²) in [5.41, 5.74) is 2.37. The maximum Gasteiger partial charge on any atom is 0.106 e. The summed E-state index contributed by atoms with van der Waals surface area (Å²) in [6, 6.07) is 8.29. The van der Waals surface area contributed by atoms with Crippen molar-refractivity contribution in [2.24, 2.45) is 5.92 Å². The zero-order chi connectivity index (χ0) is 10.6. The van der Waals surface area contributed by atoms with Crippen LogP contribution in [0.15, 0.2) is 24.3 Å². The summed E-state index contributed by atoms with van der Waals surface area (Å²) in [5.74, 6) is 0.624. The lowest BCUT2D eigenvalue weighted by molar-refractivity contribution is 0.628. The van der Waals surface area contributed by atoms with Crippen LogP contribution in [0.5, 0.6) is 0 Å². The van der Waals surface area contributed by atoms with Crippen LogP contribution in [0.25, 0.3) is 0 Å². The summed E-state index contributed by atoms with van der Waals surface area (Å²) in [7, 11) is 0. The smallest absolute Gasteiger partial charge is 0.106 e. The van der Waals surface area contributed by atoms with Crippen LogP contribution < -0.4 is 5.32 Å². The average Bonchev–Trinajstić information content (AvgIpc) is 2.15. The molecule has 1 rings (SSSR count). The third-order valence-electron chi connectivity index (χ3n) is 1.98. The Morgan fingerprint density at radius 1 is 1.29 bits per heavy atom. The predicted octanol–water partition coefficient (Wildman–Crippen LogP) is 2.92. The van der Waals surface area contributed by atoms with Crippen molar-refractivity contribution in [3.63, 3.8) is 0 Å². The van der Waals surface area contributed by atoms with E-state index in [-0.39, 0.29) is 0 Å². The molecule has 76 valence electrons. The minimum Gasteiger partial charge on any atom is -0.376 e. The molecule has 0 saturated heterocycles. The molecule has 0 aliphatic carbocycles. The van der Waals surface area contributed by atoms with Gasteiger partial charge in [0.2, 0.25) is 0 Å². The minimum absolute atomic E-state index is 0.624. The summed E-state index contributed by atoms with van der Waals surface area (Å²) in [6.45, 7) is 7.36. The van der Waals surface area contributed by atoms with Gasteiger partial charge in [-0.25, -0.2) is 0 Å². The molecule has 0 fully saturated rings. The molecule has 0 spiro atoms. The van der Waals surface area contributed by atoms with E-state index in [1.807, 2.05) is 0 Å². The van der Waals surface area contributed by atoms with Crippen LogP contribution >= 0.6 is 12.2 Å². The maximum atomic E-state index is 5.27. The molecule has 0 heterocycles. The highest BCUT2D eigenvalue weighted by Crippen LogP contribution is 2.03. The first-order chi connectivity index (χ1) is 6.59. The maximum absolute atomic E-state index is 5.27. The number of thiocarbonyl (C=S) groups is 1. The molecule has 0 aliphatic rings. The fourth-order valence-electron chi connectivity index (χ4n) is 1.10. The van der Waals surface area contributed by atoms with Crippen molar-refractivity contribution in [2.45, 2.75) is 20.8 Å². The number of nitrogens with one attached hydrogen (secondary N) is 1. The second-order valence-corrected chi connectivity index (χ2v) is 4.38. The molecule has 0 aliphatic heterocycles. The number of benzene rings is 1. The molecular weight excluding hydrogens is 190 g/mol. The summed E-state index contributed by atoms with van der Waals surface area (Å²) >= 11 is 5.27. The predicted molar refractivity (Wildman–Crippen MR) is 65.7 cm³/mol. The largest absolute Gasteiger partial charge is 0.376 e. The molecule has 0 saturated carbocycles. The molecule has 0 bridgehead atoms. The highest BCUT2D eigenvalue weighted by Gasteiger charge is 2.00. The van der Waals surface area contributed by atoms with E-state index >= 15 is 0 Å². The number of hydrogen-bond acceptors (Lipinski definition) is 1. The zero-order valence-electron chi connectivity index (χ0n) is 9.00. The third-order valence-corrected chi connectivity index (χ3v) is 2.36. The van der Waals surface area contributed by atoms with E-state index in [4.69, 9.17) is 12.2 Å². The summed E-state index contributed by atoms with van der Waals surface area (Å²) in [6.07, 6.45) is 0. The Hall–Kier alpha value is -0.890. The average molecular weight is 207 g/mol. The summed E-state index contributed by atoms with van der Waals surface area (Å²) in [4.78, 5) is 0.846. The second kappa shape index (κ2) is 5.11. The van der Waals surface area contributed by atoms with Crippen molar-refractivity contribution < 1.29 is 0 Å². The van der Waals surface area contributed by atoms with Crippen LogP contribution in [-0.2, 0) is 0 Å². The molecule has 1 aromatic carbocycles. The van der Waals surface area contributed by atoms with Gasteiger partial charge in [0.25, 0.3) is 0 Å². The fraction of sp³-hybridized carbons (Fsp3) is 0.417. The standard InChI is InChI=1S/C12H17NS/c1-9(2)8-13-12(14)11-6-4-10(3)5-7-11/h4-7,9H,8H2,1-3H3,(H,13,14). The van der Waals surface area contributed by atoms with E-state index in [2.05, 4.69) is 50.4 Å². The number of rotatable bonds is 3. The molecule has 2 heteroatoms. The lowest BCUT2D eigenvalue weighted by Gasteiger charge is -2.10. The van der Waals surface area contributed by atoms with Crippen molar-refractivity contribution in [3.8, 4) is 0 Å². The van der Waals surface area contributed by atoms with Crippen LogP contribution in [0.2, 0.25) is 0 Å². The van der Waals surface area contributed by atoms with Gasteiger partial charge in [-0.3, -0.25) is 0 Å². The molecule has 0 atom stereocenters. The van der Waals surface area contributed by atoms with Crippen LogP contribution in [0.4, 0.5) is 0 Å². The molecule has 0 amide bonds. The van der Waals surface area contributed by atoms with Crippen molar-refractivity contribution in [1.29, 1.82) is 0 Å². The first-order valence-corrected chi connectivity index (χ1v) is 5.35. The lowest BCUT2D eigenvalue weighted by atomic mass is 10.1. The van der Waals surface area contributed by atoms with Crippen molar-refractivity contribution >= 4 is 17.2 Å². The van der Waals surface area contributed by atoms with Crippen LogP contribution in [0.1, 0.15) is 25.0 Å². The Morgan fingerprint density at radius 2 is 1.86 bits per heavy atom. The fourth-order valence-corrected chi connectivity index (χ4v) is 1.32. The second-order valence-electron chi connectivity index (χ2n) is 3.97. The van der Waals surface area contributed by atoms with Gasteiger partial charge >= 0.3 is 0 Å². The topological polar surface area (TPSA) is 12.0 Å². The van der Waals surface area contributed by atoms with Crippen molar-refractivity contribution in [1.82, 2.24) is 5.32 Å². The minimum atomic E-state index is 0.624. The number of hydrogen-bond donors (Lipinski definition) is 1. The van der Waals surface area contributed by atoms with Gasteiger partial charge in [-0.2, -0.15) is 0 Å².